The molecule has 0 spiro atoms. The molecule has 0 bridgehead atoms. The van der Waals surface area contributed by atoms with Gasteiger partial charge in [0.15, 0.2) is 6.23 Å². The minimum atomic E-state index is -1.35. The van der Waals surface area contributed by atoms with E-state index in [4.69, 9.17) is 9.84 Å². The first kappa shape index (κ1) is 15.4. The summed E-state index contributed by atoms with van der Waals surface area (Å²) in [4.78, 5) is 24.3. The molecule has 102 valence electrons. The number of aliphatic hydroxyl groups is 3. The van der Waals surface area contributed by atoms with Gasteiger partial charge < -0.3 is 20.1 Å². The van der Waals surface area contributed by atoms with Gasteiger partial charge in [0.25, 0.3) is 5.56 Å². The molecule has 1 aromatic rings. The average molecular weight is 367 g/mol. The van der Waals surface area contributed by atoms with Crippen molar-refractivity contribution >= 4 is 23.9 Å². The van der Waals surface area contributed by atoms with Gasteiger partial charge in [0, 0.05) is 12.3 Å². The number of aromatic nitrogens is 2. The Morgan fingerprint density at radius 2 is 2.00 bits per heavy atom. The van der Waals surface area contributed by atoms with Crippen LogP contribution in [0.1, 0.15) is 6.23 Å². The van der Waals surface area contributed by atoms with Crippen LogP contribution in [0.5, 0.6) is 0 Å². The summed E-state index contributed by atoms with van der Waals surface area (Å²) in [6.45, 7) is -0.479. The van der Waals surface area contributed by atoms with Gasteiger partial charge in [-0.25, -0.2) is 4.79 Å². The molecule has 18 heavy (non-hydrogen) atoms. The third kappa shape index (κ3) is 2.67. The molecule has 8 nitrogen and oxygen atoms in total. The van der Waals surface area contributed by atoms with E-state index in [0.29, 0.717) is 0 Å². The van der Waals surface area contributed by atoms with Crippen LogP contribution in [-0.2, 0) is 4.74 Å². The molecule has 0 amide bonds. The number of aliphatic hydroxyl groups excluding tert-OH is 3. The molecule has 0 aliphatic carbocycles. The second-order valence-electron chi connectivity index (χ2n) is 3.75. The van der Waals surface area contributed by atoms with Gasteiger partial charge in [0.05, 0.1) is 6.61 Å². The van der Waals surface area contributed by atoms with Gasteiger partial charge in [-0.2, -0.15) is 0 Å². The Morgan fingerprint density at radius 1 is 1.33 bits per heavy atom. The summed E-state index contributed by atoms with van der Waals surface area (Å²) in [7, 11) is 0. The zero-order valence-corrected chi connectivity index (χ0v) is 8.68. The normalized spacial score (nSPS) is 31.1. The van der Waals surface area contributed by atoms with Crippen molar-refractivity contribution in [1.29, 1.82) is 0 Å². The van der Waals surface area contributed by atoms with E-state index in [1.165, 1.54) is 0 Å². The van der Waals surface area contributed by atoms with Crippen molar-refractivity contribution < 1.29 is 20.1 Å². The number of hydrogen-bond donors (Lipinski definition) is 4. The fourth-order valence-electron chi connectivity index (χ4n) is 1.74. The molecule has 2 rings (SSSR count). The predicted octanol–water partition coefficient (Wildman–Crippen LogP) is -4.30. The molecule has 1 fully saturated rings. The van der Waals surface area contributed by atoms with Crippen molar-refractivity contribution in [2.45, 2.75) is 24.5 Å². The monoisotopic (exact) mass is 368 g/mol. The fraction of sp³-hybridized carbons (Fsp3) is 0.556. The molecule has 0 radical (unpaired) electrons. The molecular weight excluding hydrogens is 351 g/mol. The van der Waals surface area contributed by atoms with E-state index >= 15 is 0 Å². The molecular formula is C9H16N2O6Sn. The molecule has 1 aliphatic heterocycles. The van der Waals surface area contributed by atoms with Gasteiger partial charge in [0.2, 0.25) is 0 Å². The van der Waals surface area contributed by atoms with Crippen LogP contribution in [0.4, 0.5) is 0 Å². The number of ether oxygens (including phenoxy) is 1. The minimum absolute atomic E-state index is 0. The Hall–Kier alpha value is -0.681. The van der Waals surface area contributed by atoms with Crippen LogP contribution < -0.4 is 11.2 Å². The summed E-state index contributed by atoms with van der Waals surface area (Å²) in [5.74, 6) is 0. The number of nitrogens with zero attached hydrogens (tertiary/aromatic N) is 1. The van der Waals surface area contributed by atoms with E-state index in [1.807, 2.05) is 4.98 Å². The van der Waals surface area contributed by atoms with Gasteiger partial charge >= 0.3 is 29.6 Å². The average Bonchev–Trinajstić information content (AvgIpc) is 2.57. The zero-order valence-electron chi connectivity index (χ0n) is 8.68. The van der Waals surface area contributed by atoms with Crippen LogP contribution in [0, 0.1) is 0 Å². The summed E-state index contributed by atoms with van der Waals surface area (Å²) in [6.07, 6.45) is -3.58. The summed E-state index contributed by atoms with van der Waals surface area (Å²) in [6, 6.07) is 1.09. The van der Waals surface area contributed by atoms with Crippen molar-refractivity contribution in [1.82, 2.24) is 9.55 Å². The Bertz CT molecular complexity index is 514. The molecule has 4 atom stereocenters. The molecule has 2 unspecified atom stereocenters. The summed E-state index contributed by atoms with van der Waals surface area (Å²) in [5, 5.41) is 28.1. The van der Waals surface area contributed by atoms with E-state index in [1.54, 1.807) is 0 Å². The van der Waals surface area contributed by atoms with E-state index in [9.17, 15) is 19.8 Å². The Kier molecular flexibility index (Phi) is 5.10. The second kappa shape index (κ2) is 5.97. The summed E-state index contributed by atoms with van der Waals surface area (Å²) in [5.41, 5.74) is -1.33. The zero-order chi connectivity index (χ0) is 12.6. The molecule has 4 N–H and O–H groups in total. The van der Waals surface area contributed by atoms with Crippen molar-refractivity contribution in [3.05, 3.63) is 33.1 Å². The molecule has 1 saturated heterocycles. The maximum atomic E-state index is 11.4. The number of rotatable bonds is 2. The van der Waals surface area contributed by atoms with Crippen LogP contribution in [0.15, 0.2) is 21.9 Å². The predicted molar refractivity (Wildman–Crippen MR) is 65.7 cm³/mol. The van der Waals surface area contributed by atoms with Crippen LogP contribution in [0.3, 0.4) is 0 Å². The molecule has 1 aliphatic rings. The van der Waals surface area contributed by atoms with Gasteiger partial charge in [-0.05, 0) is 0 Å². The van der Waals surface area contributed by atoms with Crippen molar-refractivity contribution in [2.24, 2.45) is 0 Å². The quantitative estimate of drug-likeness (QED) is 0.392. The third-order valence-corrected chi connectivity index (χ3v) is 2.64. The second-order valence-corrected chi connectivity index (χ2v) is 3.75. The van der Waals surface area contributed by atoms with Crippen molar-refractivity contribution in [2.75, 3.05) is 6.61 Å². The van der Waals surface area contributed by atoms with Crippen molar-refractivity contribution in [3.8, 4) is 0 Å². The van der Waals surface area contributed by atoms with E-state index in [0.717, 1.165) is 16.8 Å². The number of nitrogens with one attached hydrogen (secondary N) is 1. The van der Waals surface area contributed by atoms with Gasteiger partial charge in [-0.15, -0.1) is 0 Å². The molecule has 2 heterocycles. The van der Waals surface area contributed by atoms with E-state index in [-0.39, 0.29) is 23.9 Å². The van der Waals surface area contributed by atoms with Gasteiger partial charge in [-0.1, -0.05) is 0 Å². The Labute approximate surface area is 118 Å². The molecule has 9 heteroatoms. The van der Waals surface area contributed by atoms with E-state index < -0.39 is 42.4 Å². The topological polar surface area (TPSA) is 125 Å². The number of H-pyrrole nitrogens is 1. The third-order valence-electron chi connectivity index (χ3n) is 2.64. The Balaban J connectivity index is 0.00000162. The van der Waals surface area contributed by atoms with Crippen LogP contribution >= 0.6 is 0 Å². The molecule has 1 aromatic heterocycles. The number of aromatic amines is 1. The van der Waals surface area contributed by atoms with Crippen LogP contribution in [0.2, 0.25) is 0 Å². The summed E-state index contributed by atoms with van der Waals surface area (Å²) >= 11 is 0. The van der Waals surface area contributed by atoms with Gasteiger partial charge in [-0.3, -0.25) is 14.3 Å². The molecule has 0 aromatic carbocycles. The Morgan fingerprint density at radius 3 is 2.50 bits per heavy atom. The van der Waals surface area contributed by atoms with E-state index in [2.05, 4.69) is 0 Å². The fourth-order valence-corrected chi connectivity index (χ4v) is 1.74. The van der Waals surface area contributed by atoms with Crippen LogP contribution in [0.25, 0.3) is 0 Å². The molecule has 0 saturated carbocycles. The van der Waals surface area contributed by atoms with Crippen LogP contribution in [-0.4, -0.2) is 73.7 Å². The maximum absolute atomic E-state index is 11.4. The van der Waals surface area contributed by atoms with Gasteiger partial charge in [0.1, 0.15) is 18.3 Å². The SMILES string of the molecule is O=c1ccn([C@H]2O[C@@H](CO)C(O)C2O)c(=O)[nH]1.[SnH4]. The van der Waals surface area contributed by atoms with Crippen molar-refractivity contribution in [3.63, 3.8) is 0 Å². The number of hydrogen-bond acceptors (Lipinski definition) is 6. The first-order valence-electron chi connectivity index (χ1n) is 4.98. The first-order valence-corrected chi connectivity index (χ1v) is 4.98. The summed E-state index contributed by atoms with van der Waals surface area (Å²) < 4.78 is 6.08. The standard InChI is InChI=1S/C9H12N2O6.Sn.4H/c12-3-4-6(14)7(15)8(17-4)11-2-1-5(13)10-9(11)16;;;;;/h1-2,4,6-8,12,14-15H,3H2,(H,10,13,16);;;;;/t4-,6?,7?,8-;;;;;/m0...../s1. The first-order chi connectivity index (χ1) is 8.04.